The zero-order valence-corrected chi connectivity index (χ0v) is 25.0. The van der Waals surface area contributed by atoms with Crippen LogP contribution in [0, 0.1) is 0 Å². The van der Waals surface area contributed by atoms with Gasteiger partial charge in [-0.2, -0.15) is 0 Å². The van der Waals surface area contributed by atoms with Gasteiger partial charge in [0.15, 0.2) is 5.82 Å². The lowest BCUT2D eigenvalue weighted by Gasteiger charge is -2.20. The van der Waals surface area contributed by atoms with Crippen molar-refractivity contribution in [2.45, 2.75) is 51.6 Å². The minimum atomic E-state index is -1.16. The summed E-state index contributed by atoms with van der Waals surface area (Å²) in [6, 6.07) is 16.6. The van der Waals surface area contributed by atoms with E-state index in [4.69, 9.17) is 4.74 Å². The maximum Gasteiger partial charge on any atom is 0.325 e. The van der Waals surface area contributed by atoms with Crippen molar-refractivity contribution in [3.05, 3.63) is 88.4 Å². The van der Waals surface area contributed by atoms with Gasteiger partial charge in [-0.15, -0.1) is 11.3 Å². The molecule has 2 amide bonds. The van der Waals surface area contributed by atoms with Crippen LogP contribution in [0.25, 0.3) is 22.5 Å². The Bertz CT molecular complexity index is 1540. The standard InChI is InChI=1S/C32H34N4O5S/c1-19(31(39)40)35-29(37)25(36-30(38)26-14-15-27(42-26)32(2,3)4)16-20-6-8-22(9-7-20)28-33-17-23(18-34-28)21-10-12-24(41-5)13-11-21/h6-15,17-19,25H,16H2,1-5H3,(H,35,37)(H,36,38)(H,39,40). The molecule has 0 saturated heterocycles. The van der Waals surface area contributed by atoms with Gasteiger partial charge in [-0.3, -0.25) is 14.4 Å². The Morgan fingerprint density at radius 2 is 1.50 bits per heavy atom. The van der Waals surface area contributed by atoms with E-state index < -0.39 is 24.0 Å². The van der Waals surface area contributed by atoms with Gasteiger partial charge in [0.25, 0.3) is 5.91 Å². The Labute approximate surface area is 249 Å². The molecule has 0 bridgehead atoms. The predicted molar refractivity (Wildman–Crippen MR) is 163 cm³/mol. The SMILES string of the molecule is COc1ccc(-c2cnc(-c3ccc(CC(NC(=O)c4ccc(C(C)(C)C)s4)C(=O)NC(C)C(=O)O)cc3)nc2)cc1. The normalized spacial score (nSPS) is 12.7. The molecular formula is C32H34N4O5S. The zero-order chi connectivity index (χ0) is 30.4. The molecule has 2 aromatic carbocycles. The molecular weight excluding hydrogens is 552 g/mol. The fraction of sp³-hybridized carbons (Fsp3) is 0.281. The average molecular weight is 587 g/mol. The number of carboxylic acid groups (broad SMARTS) is 1. The summed E-state index contributed by atoms with van der Waals surface area (Å²) in [5.41, 5.74) is 3.30. The second-order valence-electron chi connectivity index (χ2n) is 10.9. The fourth-order valence-electron chi connectivity index (χ4n) is 4.11. The molecule has 0 saturated carbocycles. The highest BCUT2D eigenvalue weighted by atomic mass is 32.1. The molecule has 0 radical (unpaired) electrons. The lowest BCUT2D eigenvalue weighted by molar-refractivity contribution is -0.141. The van der Waals surface area contributed by atoms with Crippen LogP contribution in [0.15, 0.2) is 73.1 Å². The molecule has 2 heterocycles. The van der Waals surface area contributed by atoms with Crippen LogP contribution in [-0.2, 0) is 21.4 Å². The van der Waals surface area contributed by atoms with Crippen LogP contribution in [0.3, 0.4) is 0 Å². The summed E-state index contributed by atoms with van der Waals surface area (Å²) >= 11 is 1.37. The number of carbonyl (C=O) groups is 3. The number of carboxylic acids is 1. The van der Waals surface area contributed by atoms with Crippen molar-refractivity contribution in [1.29, 1.82) is 0 Å². The van der Waals surface area contributed by atoms with Gasteiger partial charge >= 0.3 is 5.97 Å². The van der Waals surface area contributed by atoms with Gasteiger partial charge in [-0.25, -0.2) is 9.97 Å². The molecule has 0 aliphatic heterocycles. The van der Waals surface area contributed by atoms with Gasteiger partial charge in [0.1, 0.15) is 17.8 Å². The largest absolute Gasteiger partial charge is 0.497 e. The first-order valence-electron chi connectivity index (χ1n) is 13.4. The van der Waals surface area contributed by atoms with Crippen LogP contribution < -0.4 is 15.4 Å². The molecule has 0 aliphatic rings. The number of methoxy groups -OCH3 is 1. The molecule has 10 heteroatoms. The van der Waals surface area contributed by atoms with Crippen LogP contribution in [0.5, 0.6) is 5.75 Å². The highest BCUT2D eigenvalue weighted by molar-refractivity contribution is 7.14. The average Bonchev–Trinajstić information content (AvgIpc) is 3.49. The maximum absolute atomic E-state index is 13.1. The van der Waals surface area contributed by atoms with Crippen molar-refractivity contribution in [1.82, 2.24) is 20.6 Å². The topological polar surface area (TPSA) is 131 Å². The molecule has 42 heavy (non-hydrogen) atoms. The molecule has 9 nitrogen and oxygen atoms in total. The third kappa shape index (κ3) is 7.58. The molecule has 2 atom stereocenters. The van der Waals surface area contributed by atoms with Crippen LogP contribution >= 0.6 is 11.3 Å². The van der Waals surface area contributed by atoms with E-state index in [1.54, 1.807) is 25.6 Å². The Balaban J connectivity index is 1.49. The first kappa shape index (κ1) is 30.4. The minimum Gasteiger partial charge on any atom is -0.497 e. The first-order valence-corrected chi connectivity index (χ1v) is 14.3. The second kappa shape index (κ2) is 12.9. The smallest absolute Gasteiger partial charge is 0.325 e. The number of aliphatic carboxylic acids is 1. The predicted octanol–water partition coefficient (Wildman–Crippen LogP) is 5.11. The Morgan fingerprint density at radius 3 is 2.05 bits per heavy atom. The number of thiophene rings is 1. The summed E-state index contributed by atoms with van der Waals surface area (Å²) in [4.78, 5) is 48.0. The molecule has 218 valence electrons. The maximum atomic E-state index is 13.1. The van der Waals surface area contributed by atoms with Crippen molar-refractivity contribution in [3.8, 4) is 28.3 Å². The van der Waals surface area contributed by atoms with Crippen molar-refractivity contribution in [3.63, 3.8) is 0 Å². The summed E-state index contributed by atoms with van der Waals surface area (Å²) in [5, 5.41) is 14.5. The van der Waals surface area contributed by atoms with Crippen LogP contribution in [-0.4, -0.2) is 52.1 Å². The number of amides is 2. The number of ether oxygens (including phenoxy) is 1. The number of hydrogen-bond acceptors (Lipinski definition) is 7. The Hall–Kier alpha value is -4.57. The van der Waals surface area contributed by atoms with E-state index in [1.807, 2.05) is 54.6 Å². The second-order valence-corrected chi connectivity index (χ2v) is 12.0. The van der Waals surface area contributed by atoms with Crippen LogP contribution in [0.1, 0.15) is 47.8 Å². The summed E-state index contributed by atoms with van der Waals surface area (Å²) in [6.45, 7) is 7.57. The first-order chi connectivity index (χ1) is 19.9. The van der Waals surface area contributed by atoms with Gasteiger partial charge < -0.3 is 20.5 Å². The molecule has 3 N–H and O–H groups in total. The number of hydrogen-bond donors (Lipinski definition) is 3. The molecule has 4 aromatic rings. The number of benzene rings is 2. The number of rotatable bonds is 10. The fourth-order valence-corrected chi connectivity index (χ4v) is 5.08. The van der Waals surface area contributed by atoms with Gasteiger partial charge in [0.05, 0.1) is 12.0 Å². The monoisotopic (exact) mass is 586 g/mol. The molecule has 0 aliphatic carbocycles. The van der Waals surface area contributed by atoms with E-state index in [0.29, 0.717) is 10.7 Å². The van der Waals surface area contributed by atoms with Gasteiger partial charge in [0, 0.05) is 34.8 Å². The number of nitrogens with one attached hydrogen (secondary N) is 2. The number of aromatic nitrogens is 2. The highest BCUT2D eigenvalue weighted by Gasteiger charge is 2.26. The van der Waals surface area contributed by atoms with E-state index in [-0.39, 0.29) is 17.7 Å². The summed E-state index contributed by atoms with van der Waals surface area (Å²) in [5.74, 6) is -0.811. The zero-order valence-electron chi connectivity index (χ0n) is 24.2. The van der Waals surface area contributed by atoms with E-state index in [1.165, 1.54) is 18.3 Å². The van der Waals surface area contributed by atoms with Crippen LogP contribution in [0.2, 0.25) is 0 Å². The van der Waals surface area contributed by atoms with Crippen molar-refractivity contribution >= 4 is 29.1 Å². The van der Waals surface area contributed by atoms with Crippen LogP contribution in [0.4, 0.5) is 0 Å². The number of nitrogens with zero attached hydrogens (tertiary/aromatic N) is 2. The Kier molecular flexibility index (Phi) is 9.37. The molecule has 4 rings (SSSR count). The van der Waals surface area contributed by atoms with E-state index >= 15 is 0 Å². The van der Waals surface area contributed by atoms with Crippen molar-refractivity contribution in [2.24, 2.45) is 0 Å². The quantitative estimate of drug-likeness (QED) is 0.235. The van der Waals surface area contributed by atoms with Crippen molar-refractivity contribution < 1.29 is 24.2 Å². The summed E-state index contributed by atoms with van der Waals surface area (Å²) in [7, 11) is 1.62. The lowest BCUT2D eigenvalue weighted by atomic mass is 9.95. The molecule has 2 aromatic heterocycles. The lowest BCUT2D eigenvalue weighted by Crippen LogP contribution is -2.51. The molecule has 0 spiro atoms. The Morgan fingerprint density at radius 1 is 0.881 bits per heavy atom. The van der Waals surface area contributed by atoms with Gasteiger partial charge in [-0.1, -0.05) is 57.2 Å². The summed E-state index contributed by atoms with van der Waals surface area (Å²) in [6.07, 6.45) is 3.68. The molecule has 2 unspecified atom stereocenters. The number of carbonyl (C=O) groups excluding carboxylic acids is 2. The highest BCUT2D eigenvalue weighted by Crippen LogP contribution is 2.29. The summed E-state index contributed by atoms with van der Waals surface area (Å²) < 4.78 is 5.21. The van der Waals surface area contributed by atoms with Gasteiger partial charge in [-0.05, 0) is 47.7 Å². The van der Waals surface area contributed by atoms with E-state index in [9.17, 15) is 19.5 Å². The van der Waals surface area contributed by atoms with Crippen molar-refractivity contribution in [2.75, 3.05) is 7.11 Å². The molecule has 0 fully saturated rings. The van der Waals surface area contributed by atoms with Gasteiger partial charge in [0.2, 0.25) is 5.91 Å². The van der Waals surface area contributed by atoms with E-state index in [0.717, 1.165) is 32.9 Å². The third-order valence-corrected chi connectivity index (χ3v) is 8.16. The van der Waals surface area contributed by atoms with E-state index in [2.05, 4.69) is 41.4 Å². The third-order valence-electron chi connectivity index (χ3n) is 6.65. The minimum absolute atomic E-state index is 0.113.